The molecule has 5 rings (SSSR count). The van der Waals surface area contributed by atoms with Crippen LogP contribution in [0.1, 0.15) is 66.8 Å². The summed E-state index contributed by atoms with van der Waals surface area (Å²) in [6.07, 6.45) is 8.17. The molecule has 166 valence electrons. The number of aromatic nitrogens is 2. The Hall–Kier alpha value is -2.18. The number of nitrogens with one attached hydrogen (secondary N) is 1. The Morgan fingerprint density at radius 2 is 1.78 bits per heavy atom. The average Bonchev–Trinajstić information content (AvgIpc) is 3.31. The molecule has 0 radical (unpaired) electrons. The minimum absolute atomic E-state index is 0.0405. The number of halogens is 1. The Kier molecular flexibility index (Phi) is 6.08. The summed E-state index contributed by atoms with van der Waals surface area (Å²) in [6.45, 7) is 4.43. The van der Waals surface area contributed by atoms with Crippen molar-refractivity contribution in [2.75, 3.05) is 0 Å². The van der Waals surface area contributed by atoms with Gasteiger partial charge in [-0.25, -0.2) is 0 Å². The smallest absolute Gasteiger partial charge is 0.170 e. The molecule has 0 unspecified atom stereocenters. The van der Waals surface area contributed by atoms with E-state index < -0.39 is 0 Å². The number of nitrogens with zero attached hydrogens (tertiary/aromatic N) is 3. The van der Waals surface area contributed by atoms with E-state index in [1.807, 2.05) is 12.3 Å². The SMILES string of the molecule is Cc1cc([C@H]2[C@@H](c3ccccn3)NC(=S)N2C2CCCCC2)c(C)n1-c1ccccc1Br. The van der Waals surface area contributed by atoms with Gasteiger partial charge >= 0.3 is 0 Å². The second kappa shape index (κ2) is 8.99. The Balaban J connectivity index is 1.64. The van der Waals surface area contributed by atoms with Crippen molar-refractivity contribution in [1.29, 1.82) is 0 Å². The van der Waals surface area contributed by atoms with Gasteiger partial charge in [-0.3, -0.25) is 4.98 Å². The first-order valence-corrected chi connectivity index (χ1v) is 12.7. The fraction of sp³-hybridized carbons (Fsp3) is 0.385. The van der Waals surface area contributed by atoms with Gasteiger partial charge in [-0.05, 0) is 90.7 Å². The number of hydrogen-bond acceptors (Lipinski definition) is 2. The van der Waals surface area contributed by atoms with Crippen LogP contribution in [0.25, 0.3) is 5.69 Å². The van der Waals surface area contributed by atoms with E-state index in [0.29, 0.717) is 6.04 Å². The monoisotopic (exact) mass is 508 g/mol. The number of para-hydroxylation sites is 1. The number of aryl methyl sites for hydroxylation is 1. The van der Waals surface area contributed by atoms with Crippen molar-refractivity contribution in [3.05, 3.63) is 81.8 Å². The van der Waals surface area contributed by atoms with Gasteiger partial charge in [-0.1, -0.05) is 37.5 Å². The first-order chi connectivity index (χ1) is 15.6. The zero-order valence-corrected chi connectivity index (χ0v) is 21.0. The molecule has 3 aromatic rings. The molecule has 0 spiro atoms. The number of pyridine rings is 1. The third-order valence-corrected chi connectivity index (χ3v) is 7.98. The maximum atomic E-state index is 5.95. The van der Waals surface area contributed by atoms with E-state index in [1.54, 1.807) is 0 Å². The average molecular weight is 510 g/mol. The van der Waals surface area contributed by atoms with Crippen molar-refractivity contribution in [1.82, 2.24) is 19.8 Å². The van der Waals surface area contributed by atoms with E-state index in [9.17, 15) is 0 Å². The molecular formula is C26H29BrN4S. The van der Waals surface area contributed by atoms with Crippen LogP contribution in [0.4, 0.5) is 0 Å². The summed E-state index contributed by atoms with van der Waals surface area (Å²) < 4.78 is 3.45. The van der Waals surface area contributed by atoms with E-state index in [-0.39, 0.29) is 12.1 Å². The number of rotatable bonds is 4. The molecule has 32 heavy (non-hydrogen) atoms. The molecule has 6 heteroatoms. The van der Waals surface area contributed by atoms with Gasteiger partial charge in [0, 0.05) is 28.1 Å². The van der Waals surface area contributed by atoms with Crippen molar-refractivity contribution < 1.29 is 0 Å². The van der Waals surface area contributed by atoms with Crippen LogP contribution in [0.2, 0.25) is 0 Å². The van der Waals surface area contributed by atoms with Gasteiger partial charge in [0.1, 0.15) is 0 Å². The van der Waals surface area contributed by atoms with Crippen LogP contribution in [0, 0.1) is 13.8 Å². The Morgan fingerprint density at radius 1 is 1.03 bits per heavy atom. The predicted octanol–water partition coefficient (Wildman–Crippen LogP) is 6.56. The van der Waals surface area contributed by atoms with Gasteiger partial charge in [-0.15, -0.1) is 0 Å². The van der Waals surface area contributed by atoms with E-state index in [4.69, 9.17) is 17.2 Å². The van der Waals surface area contributed by atoms with Crippen molar-refractivity contribution in [3.8, 4) is 5.69 Å². The molecular weight excluding hydrogens is 480 g/mol. The van der Waals surface area contributed by atoms with Gasteiger partial charge in [0.2, 0.25) is 0 Å². The molecule has 1 saturated carbocycles. The molecule has 3 heterocycles. The highest BCUT2D eigenvalue weighted by Crippen LogP contribution is 2.44. The second-order valence-corrected chi connectivity index (χ2v) is 10.2. The molecule has 1 saturated heterocycles. The molecule has 4 nitrogen and oxygen atoms in total. The van der Waals surface area contributed by atoms with Gasteiger partial charge < -0.3 is 14.8 Å². The lowest BCUT2D eigenvalue weighted by Crippen LogP contribution is -2.40. The third kappa shape index (κ3) is 3.77. The number of hydrogen-bond donors (Lipinski definition) is 1. The molecule has 1 aliphatic heterocycles. The van der Waals surface area contributed by atoms with Crippen molar-refractivity contribution in [2.45, 2.75) is 64.1 Å². The van der Waals surface area contributed by atoms with E-state index in [2.05, 4.69) is 87.0 Å². The Morgan fingerprint density at radius 3 is 2.50 bits per heavy atom. The van der Waals surface area contributed by atoms with E-state index in [0.717, 1.165) is 15.3 Å². The fourth-order valence-corrected chi connectivity index (χ4v) is 6.39. The number of benzene rings is 1. The molecule has 2 atom stereocenters. The molecule has 2 fully saturated rings. The normalized spacial score (nSPS) is 21.7. The Bertz CT molecular complexity index is 1120. The highest BCUT2D eigenvalue weighted by molar-refractivity contribution is 9.10. The van der Waals surface area contributed by atoms with E-state index >= 15 is 0 Å². The maximum Gasteiger partial charge on any atom is 0.170 e. The summed E-state index contributed by atoms with van der Waals surface area (Å²) >= 11 is 9.70. The van der Waals surface area contributed by atoms with Gasteiger partial charge in [0.15, 0.2) is 5.11 Å². The standard InChI is InChI=1S/C26H29BrN4S/c1-17-16-20(18(2)30(17)23-14-7-6-12-21(23)27)25-24(22-13-8-9-15-28-22)29-26(32)31(25)19-10-4-3-5-11-19/h6-9,12-16,19,24-25H,3-5,10-11H2,1-2H3,(H,29,32)/t24-,25+/m1/s1. The van der Waals surface area contributed by atoms with Crippen LogP contribution >= 0.6 is 28.1 Å². The largest absolute Gasteiger partial charge is 0.352 e. The second-order valence-electron chi connectivity index (χ2n) is 8.94. The van der Waals surface area contributed by atoms with Gasteiger partial charge in [0.05, 0.1) is 23.5 Å². The minimum Gasteiger partial charge on any atom is -0.352 e. The molecule has 0 amide bonds. The van der Waals surface area contributed by atoms with Crippen LogP contribution in [-0.4, -0.2) is 25.6 Å². The summed E-state index contributed by atoms with van der Waals surface area (Å²) in [7, 11) is 0. The highest BCUT2D eigenvalue weighted by Gasteiger charge is 2.44. The lowest BCUT2D eigenvalue weighted by atomic mass is 9.90. The summed E-state index contributed by atoms with van der Waals surface area (Å²) in [5.41, 5.74) is 6.02. The zero-order valence-electron chi connectivity index (χ0n) is 18.6. The first kappa shape index (κ1) is 21.7. The van der Waals surface area contributed by atoms with Crippen molar-refractivity contribution in [2.24, 2.45) is 0 Å². The van der Waals surface area contributed by atoms with Gasteiger partial charge in [-0.2, -0.15) is 0 Å². The van der Waals surface area contributed by atoms with Crippen molar-refractivity contribution in [3.63, 3.8) is 0 Å². The topological polar surface area (TPSA) is 33.1 Å². The van der Waals surface area contributed by atoms with Crippen LogP contribution in [0.15, 0.2) is 59.2 Å². The van der Waals surface area contributed by atoms with Crippen LogP contribution in [0.3, 0.4) is 0 Å². The lowest BCUT2D eigenvalue weighted by molar-refractivity contribution is 0.197. The lowest BCUT2D eigenvalue weighted by Gasteiger charge is -2.37. The first-order valence-electron chi connectivity index (χ1n) is 11.5. The fourth-order valence-electron chi connectivity index (χ4n) is 5.54. The molecule has 1 N–H and O–H groups in total. The zero-order chi connectivity index (χ0) is 22.2. The summed E-state index contributed by atoms with van der Waals surface area (Å²) in [4.78, 5) is 7.22. The van der Waals surface area contributed by atoms with Crippen LogP contribution < -0.4 is 5.32 Å². The van der Waals surface area contributed by atoms with Crippen LogP contribution in [-0.2, 0) is 0 Å². The minimum atomic E-state index is 0.0405. The molecule has 0 bridgehead atoms. The predicted molar refractivity (Wildman–Crippen MR) is 137 cm³/mol. The van der Waals surface area contributed by atoms with Crippen LogP contribution in [0.5, 0.6) is 0 Å². The molecule has 1 aromatic carbocycles. The Labute approximate surface area is 204 Å². The molecule has 1 aliphatic carbocycles. The van der Waals surface area contributed by atoms with Crippen molar-refractivity contribution >= 4 is 33.3 Å². The maximum absolute atomic E-state index is 5.95. The molecule has 2 aliphatic rings. The summed E-state index contributed by atoms with van der Waals surface area (Å²) in [6, 6.07) is 17.6. The number of thiocarbonyl (C=S) groups is 1. The highest BCUT2D eigenvalue weighted by atomic mass is 79.9. The van der Waals surface area contributed by atoms with E-state index in [1.165, 1.54) is 54.7 Å². The summed E-state index contributed by atoms with van der Waals surface area (Å²) in [5.74, 6) is 0. The van der Waals surface area contributed by atoms with Gasteiger partial charge in [0.25, 0.3) is 0 Å². The summed E-state index contributed by atoms with van der Waals surface area (Å²) in [5, 5.41) is 4.51. The molecule has 2 aromatic heterocycles. The quantitative estimate of drug-likeness (QED) is 0.404. The third-order valence-electron chi connectivity index (χ3n) is 6.99.